The van der Waals surface area contributed by atoms with E-state index in [2.05, 4.69) is 17.7 Å². The fraction of sp³-hybridized carbons (Fsp3) is 0.500. The molecule has 9 heavy (non-hydrogen) atoms. The molecule has 0 fully saturated rings. The molecule has 5 heteroatoms. The highest BCUT2D eigenvalue weighted by molar-refractivity contribution is 7.78. The van der Waals surface area contributed by atoms with Gasteiger partial charge in [0.05, 0.1) is 0 Å². The van der Waals surface area contributed by atoms with Gasteiger partial charge in [-0.05, 0) is 12.8 Å². The Morgan fingerprint density at radius 2 is 2.44 bits per heavy atom. The van der Waals surface area contributed by atoms with Gasteiger partial charge in [0.15, 0.2) is 0 Å². The number of hydroxylamine groups is 1. The second kappa shape index (κ2) is 4.20. The number of hydrogen-bond acceptors (Lipinski definition) is 4. The van der Waals surface area contributed by atoms with E-state index in [0.717, 1.165) is 0 Å². The molecule has 0 aromatic heterocycles. The predicted molar refractivity (Wildman–Crippen MR) is 33.3 cm³/mol. The Morgan fingerprint density at radius 1 is 1.89 bits per heavy atom. The van der Waals surface area contributed by atoms with Crippen molar-refractivity contribution in [2.75, 3.05) is 0 Å². The second-order valence-corrected chi connectivity index (χ2v) is 1.62. The number of nitrogens with zero attached hydrogens (tertiary/aromatic N) is 1. The number of carbonyl (C=O) groups excluding carboxylic acids is 2. The van der Waals surface area contributed by atoms with E-state index in [9.17, 15) is 9.59 Å². The summed E-state index contributed by atoms with van der Waals surface area (Å²) in [5.41, 5.74) is 0. The SMILES string of the molecule is CCC(=O)ON(S)C=O. The summed E-state index contributed by atoms with van der Waals surface area (Å²) in [5.74, 6) is -0.489. The molecule has 0 saturated carbocycles. The highest BCUT2D eigenvalue weighted by Crippen LogP contribution is 1.92. The minimum absolute atomic E-state index is 0.227. The van der Waals surface area contributed by atoms with Crippen LogP contribution in [-0.4, -0.2) is 16.8 Å². The molecule has 0 radical (unpaired) electrons. The Balaban J connectivity index is 3.46. The zero-order valence-electron chi connectivity index (χ0n) is 4.90. The van der Waals surface area contributed by atoms with Crippen LogP contribution in [0.4, 0.5) is 0 Å². The maximum absolute atomic E-state index is 10.3. The van der Waals surface area contributed by atoms with Crippen LogP contribution in [0.25, 0.3) is 0 Å². The van der Waals surface area contributed by atoms with Gasteiger partial charge in [-0.2, -0.15) is 0 Å². The molecule has 0 spiro atoms. The van der Waals surface area contributed by atoms with Gasteiger partial charge in [-0.3, -0.25) is 4.79 Å². The van der Waals surface area contributed by atoms with E-state index >= 15 is 0 Å². The van der Waals surface area contributed by atoms with Crippen molar-refractivity contribution in [1.29, 1.82) is 0 Å². The minimum Gasteiger partial charge on any atom is -0.328 e. The van der Waals surface area contributed by atoms with Crippen LogP contribution < -0.4 is 0 Å². The zero-order chi connectivity index (χ0) is 7.28. The summed E-state index contributed by atoms with van der Waals surface area (Å²) >= 11 is 3.45. The predicted octanol–water partition coefficient (Wildman–Crippen LogP) is 0.158. The van der Waals surface area contributed by atoms with Crippen molar-refractivity contribution in [1.82, 2.24) is 4.47 Å². The van der Waals surface area contributed by atoms with Crippen LogP contribution in [0, 0.1) is 0 Å². The smallest absolute Gasteiger partial charge is 0.328 e. The molecule has 0 aromatic carbocycles. The largest absolute Gasteiger partial charge is 0.333 e. The number of thiol groups is 1. The monoisotopic (exact) mass is 149 g/mol. The molecule has 0 aliphatic heterocycles. The summed E-state index contributed by atoms with van der Waals surface area (Å²) in [6, 6.07) is 0. The zero-order valence-corrected chi connectivity index (χ0v) is 5.80. The summed E-state index contributed by atoms with van der Waals surface area (Å²) in [5, 5.41) is 0. The number of carbonyl (C=O) groups is 2. The lowest BCUT2D eigenvalue weighted by Gasteiger charge is -2.05. The summed E-state index contributed by atoms with van der Waals surface area (Å²) < 4.78 is 0.520. The van der Waals surface area contributed by atoms with Gasteiger partial charge >= 0.3 is 5.97 Å². The molecule has 0 bridgehead atoms. The molecule has 1 amide bonds. The van der Waals surface area contributed by atoms with E-state index in [1.54, 1.807) is 6.92 Å². The molecule has 0 aliphatic rings. The number of hydrogen-bond donors (Lipinski definition) is 1. The molecule has 52 valence electrons. The van der Waals surface area contributed by atoms with E-state index in [4.69, 9.17) is 0 Å². The first-order valence-corrected chi connectivity index (χ1v) is 2.75. The fourth-order valence-electron chi connectivity index (χ4n) is 0.190. The highest BCUT2D eigenvalue weighted by Gasteiger charge is 2.01. The topological polar surface area (TPSA) is 46.6 Å². The van der Waals surface area contributed by atoms with E-state index in [1.165, 1.54) is 0 Å². The Labute approximate surface area is 58.3 Å². The summed E-state index contributed by atoms with van der Waals surface area (Å²) in [6.07, 6.45) is 0.515. The van der Waals surface area contributed by atoms with Crippen LogP contribution in [0.2, 0.25) is 0 Å². The van der Waals surface area contributed by atoms with Crippen LogP contribution in [0.15, 0.2) is 0 Å². The average molecular weight is 149 g/mol. The van der Waals surface area contributed by atoms with E-state index in [0.29, 0.717) is 4.47 Å². The van der Waals surface area contributed by atoms with Crippen LogP contribution in [-0.2, 0) is 14.4 Å². The van der Waals surface area contributed by atoms with Crippen molar-refractivity contribution < 1.29 is 14.4 Å². The lowest BCUT2D eigenvalue weighted by atomic mass is 10.5. The molecule has 0 rings (SSSR count). The Kier molecular flexibility index (Phi) is 3.87. The van der Waals surface area contributed by atoms with Crippen molar-refractivity contribution in [3.63, 3.8) is 0 Å². The first-order chi connectivity index (χ1) is 4.20. The van der Waals surface area contributed by atoms with E-state index in [-0.39, 0.29) is 12.8 Å². The first kappa shape index (κ1) is 8.29. The highest BCUT2D eigenvalue weighted by atomic mass is 32.1. The van der Waals surface area contributed by atoms with E-state index < -0.39 is 5.97 Å². The number of amides is 1. The van der Waals surface area contributed by atoms with Crippen molar-refractivity contribution in [3.8, 4) is 0 Å². The Morgan fingerprint density at radius 3 is 2.78 bits per heavy atom. The third kappa shape index (κ3) is 3.84. The van der Waals surface area contributed by atoms with Crippen LogP contribution in [0.5, 0.6) is 0 Å². The molecule has 0 heterocycles. The molecular formula is C4H7NO3S. The second-order valence-electron chi connectivity index (χ2n) is 1.22. The molecular weight excluding hydrogens is 142 g/mol. The lowest BCUT2D eigenvalue weighted by Crippen LogP contribution is -2.15. The molecule has 4 nitrogen and oxygen atoms in total. The summed E-state index contributed by atoms with van der Waals surface area (Å²) in [7, 11) is 0. The normalized spacial score (nSPS) is 8.22. The quantitative estimate of drug-likeness (QED) is 0.353. The van der Waals surface area contributed by atoms with Crippen LogP contribution in [0.3, 0.4) is 0 Å². The summed E-state index contributed by atoms with van der Waals surface area (Å²) in [6.45, 7) is 1.62. The van der Waals surface area contributed by atoms with Gasteiger partial charge in [0.2, 0.25) is 0 Å². The Bertz CT molecular complexity index is 116. The maximum atomic E-state index is 10.3. The number of rotatable bonds is 3. The third-order valence-corrected chi connectivity index (χ3v) is 0.750. The van der Waals surface area contributed by atoms with Gasteiger partial charge in [0.25, 0.3) is 6.41 Å². The van der Waals surface area contributed by atoms with Crippen LogP contribution in [0.1, 0.15) is 13.3 Å². The van der Waals surface area contributed by atoms with Gasteiger partial charge in [-0.15, -0.1) is 4.47 Å². The maximum Gasteiger partial charge on any atom is 0.333 e. The van der Waals surface area contributed by atoms with E-state index in [1.807, 2.05) is 0 Å². The molecule has 0 saturated heterocycles. The van der Waals surface area contributed by atoms with Gasteiger partial charge in [-0.25, -0.2) is 4.79 Å². The van der Waals surface area contributed by atoms with Gasteiger partial charge in [0.1, 0.15) is 0 Å². The van der Waals surface area contributed by atoms with Gasteiger partial charge < -0.3 is 4.84 Å². The molecule has 0 unspecified atom stereocenters. The van der Waals surface area contributed by atoms with Gasteiger partial charge in [0, 0.05) is 6.42 Å². The lowest BCUT2D eigenvalue weighted by molar-refractivity contribution is -0.170. The fourth-order valence-corrected chi connectivity index (χ4v) is 0.281. The summed E-state index contributed by atoms with van der Waals surface area (Å²) in [4.78, 5) is 24.3. The van der Waals surface area contributed by atoms with Crippen LogP contribution >= 0.6 is 12.8 Å². The molecule has 0 aromatic rings. The van der Waals surface area contributed by atoms with Crippen molar-refractivity contribution in [3.05, 3.63) is 0 Å². The minimum atomic E-state index is -0.489. The van der Waals surface area contributed by atoms with Crippen molar-refractivity contribution >= 4 is 25.2 Å². The standard InChI is InChI=1S/C4H7NO3S/c1-2-4(7)8-5(9)3-6/h3,9H,2H2,1H3. The Hall–Kier alpha value is -0.710. The third-order valence-electron chi connectivity index (χ3n) is 0.574. The first-order valence-electron chi connectivity index (χ1n) is 2.35. The van der Waals surface area contributed by atoms with Gasteiger partial charge in [-0.1, -0.05) is 6.92 Å². The average Bonchev–Trinajstić information content (AvgIpc) is 1.87. The molecule has 0 N–H and O–H groups in total. The molecule has 0 aliphatic carbocycles. The molecule has 0 atom stereocenters. The van der Waals surface area contributed by atoms with Crippen molar-refractivity contribution in [2.45, 2.75) is 13.3 Å². The van der Waals surface area contributed by atoms with Crippen molar-refractivity contribution in [2.24, 2.45) is 0 Å².